The van der Waals surface area contributed by atoms with E-state index in [1.165, 1.54) is 0 Å². The average molecular weight is 437 g/mol. The maximum absolute atomic E-state index is 12.2. The lowest BCUT2D eigenvalue weighted by Gasteiger charge is -2.12. The highest BCUT2D eigenvalue weighted by molar-refractivity contribution is 5.90. The number of carbonyl (C=O) groups excluding carboxylic acids is 2. The Labute approximate surface area is 192 Å². The second kappa shape index (κ2) is 13.5. The Kier molecular flexibility index (Phi) is 10.7. The van der Waals surface area contributed by atoms with Crippen LogP contribution in [0.15, 0.2) is 48.5 Å². The number of ether oxygens (including phenoxy) is 2. The topological polar surface area (TPSA) is 52.6 Å². The van der Waals surface area contributed by atoms with Crippen molar-refractivity contribution in [3.8, 4) is 0 Å². The molecule has 0 N–H and O–H groups in total. The normalized spacial score (nSPS) is 11.3. The average Bonchev–Trinajstić information content (AvgIpc) is 2.84. The molecule has 0 radical (unpaired) electrons. The first-order chi connectivity index (χ1) is 15.5. The second-order valence-corrected chi connectivity index (χ2v) is 8.14. The van der Waals surface area contributed by atoms with E-state index < -0.39 is 0 Å². The van der Waals surface area contributed by atoms with Crippen LogP contribution in [0, 0.1) is 11.8 Å². The molecule has 0 spiro atoms. The largest absolute Gasteiger partial charge is 0.462 e. The molecule has 0 amide bonds. The van der Waals surface area contributed by atoms with Crippen LogP contribution in [0.2, 0.25) is 0 Å². The zero-order chi connectivity index (χ0) is 23.3. The summed E-state index contributed by atoms with van der Waals surface area (Å²) < 4.78 is 10.8. The molecule has 4 heteroatoms. The van der Waals surface area contributed by atoms with Crippen molar-refractivity contribution in [1.29, 1.82) is 0 Å². The summed E-state index contributed by atoms with van der Waals surface area (Å²) in [4.78, 5) is 24.4. The number of hydrogen-bond acceptors (Lipinski definition) is 4. The third-order valence-corrected chi connectivity index (χ3v) is 5.97. The van der Waals surface area contributed by atoms with Gasteiger partial charge in [0, 0.05) is 0 Å². The van der Waals surface area contributed by atoms with E-state index in [1.54, 1.807) is 24.3 Å². The van der Waals surface area contributed by atoms with Gasteiger partial charge in [-0.3, -0.25) is 0 Å². The zero-order valence-corrected chi connectivity index (χ0v) is 19.8. The quantitative estimate of drug-likeness (QED) is 0.264. The van der Waals surface area contributed by atoms with Crippen molar-refractivity contribution in [2.75, 3.05) is 13.2 Å². The third-order valence-electron chi connectivity index (χ3n) is 5.97. The van der Waals surface area contributed by atoms with E-state index in [-0.39, 0.29) is 11.9 Å². The minimum absolute atomic E-state index is 0.279. The summed E-state index contributed by atoms with van der Waals surface area (Å²) in [7, 11) is 0. The SMILES string of the molecule is CCC(CC)COC(=O)c1ccc(C=Cc2ccc(C(=O)OCC(CC)CC)cc2)cc1. The molecule has 0 aliphatic rings. The van der Waals surface area contributed by atoms with Crippen molar-refractivity contribution in [2.45, 2.75) is 53.4 Å². The molecule has 0 saturated carbocycles. The molecule has 0 bridgehead atoms. The van der Waals surface area contributed by atoms with Gasteiger partial charge in [-0.2, -0.15) is 0 Å². The maximum Gasteiger partial charge on any atom is 0.338 e. The second-order valence-electron chi connectivity index (χ2n) is 8.14. The van der Waals surface area contributed by atoms with Crippen LogP contribution in [0.25, 0.3) is 12.2 Å². The Morgan fingerprint density at radius 1 is 0.625 bits per heavy atom. The van der Waals surface area contributed by atoms with Crippen molar-refractivity contribution in [2.24, 2.45) is 11.8 Å². The van der Waals surface area contributed by atoms with Crippen molar-refractivity contribution in [1.82, 2.24) is 0 Å². The van der Waals surface area contributed by atoms with Crippen LogP contribution < -0.4 is 0 Å². The summed E-state index contributed by atoms with van der Waals surface area (Å²) in [5.41, 5.74) is 3.08. The van der Waals surface area contributed by atoms with Gasteiger partial charge in [-0.15, -0.1) is 0 Å². The highest BCUT2D eigenvalue weighted by atomic mass is 16.5. The number of carbonyl (C=O) groups is 2. The third kappa shape index (κ3) is 7.99. The molecule has 0 aliphatic heterocycles. The maximum atomic E-state index is 12.2. The first kappa shape index (κ1) is 25.4. The Hall–Kier alpha value is -2.88. The van der Waals surface area contributed by atoms with Crippen molar-refractivity contribution in [3.63, 3.8) is 0 Å². The lowest BCUT2D eigenvalue weighted by atomic mass is 10.1. The molecule has 0 aliphatic carbocycles. The molecule has 0 saturated heterocycles. The number of benzene rings is 2. The van der Waals surface area contributed by atoms with Crippen molar-refractivity contribution < 1.29 is 19.1 Å². The lowest BCUT2D eigenvalue weighted by molar-refractivity contribution is 0.0424. The van der Waals surface area contributed by atoms with E-state index in [4.69, 9.17) is 9.47 Å². The molecule has 32 heavy (non-hydrogen) atoms. The van der Waals surface area contributed by atoms with E-state index in [9.17, 15) is 9.59 Å². The van der Waals surface area contributed by atoms with Crippen LogP contribution in [-0.4, -0.2) is 25.2 Å². The van der Waals surface area contributed by atoms with Crippen LogP contribution in [0.1, 0.15) is 85.2 Å². The molecule has 0 atom stereocenters. The van der Waals surface area contributed by atoms with Crippen LogP contribution in [0.5, 0.6) is 0 Å². The first-order valence-electron chi connectivity index (χ1n) is 11.7. The number of esters is 2. The summed E-state index contributed by atoms with van der Waals surface area (Å²) in [6.07, 6.45) is 7.98. The highest BCUT2D eigenvalue weighted by Crippen LogP contribution is 2.15. The van der Waals surface area contributed by atoms with Crippen molar-refractivity contribution >= 4 is 24.1 Å². The predicted molar refractivity (Wildman–Crippen MR) is 131 cm³/mol. The van der Waals surface area contributed by atoms with Gasteiger partial charge in [0.05, 0.1) is 24.3 Å². The Morgan fingerprint density at radius 2 is 0.938 bits per heavy atom. The van der Waals surface area contributed by atoms with E-state index in [0.717, 1.165) is 36.8 Å². The van der Waals surface area contributed by atoms with E-state index in [1.807, 2.05) is 36.4 Å². The standard InChI is InChI=1S/C28H36O4/c1-5-21(6-2)19-31-27(29)25-15-11-23(12-16-25)9-10-24-13-17-26(18-14-24)28(30)32-20-22(7-3)8-4/h9-18,21-22H,5-8,19-20H2,1-4H3. The summed E-state index contributed by atoms with van der Waals surface area (Å²) in [5.74, 6) is 0.274. The molecular weight excluding hydrogens is 400 g/mol. The van der Waals surface area contributed by atoms with E-state index in [2.05, 4.69) is 27.7 Å². The molecular formula is C28H36O4. The molecule has 0 heterocycles. The van der Waals surface area contributed by atoms with Gasteiger partial charge < -0.3 is 9.47 Å². The van der Waals surface area contributed by atoms with Gasteiger partial charge >= 0.3 is 11.9 Å². The van der Waals surface area contributed by atoms with Gasteiger partial charge in [0.15, 0.2) is 0 Å². The number of rotatable bonds is 12. The summed E-state index contributed by atoms with van der Waals surface area (Å²) in [5, 5.41) is 0. The highest BCUT2D eigenvalue weighted by Gasteiger charge is 2.11. The van der Waals surface area contributed by atoms with Gasteiger partial charge in [-0.1, -0.05) is 89.8 Å². The lowest BCUT2D eigenvalue weighted by Crippen LogP contribution is -2.13. The minimum Gasteiger partial charge on any atom is -0.462 e. The summed E-state index contributed by atoms with van der Waals surface area (Å²) >= 11 is 0. The van der Waals surface area contributed by atoms with Crippen LogP contribution in [0.3, 0.4) is 0 Å². The summed E-state index contributed by atoms with van der Waals surface area (Å²) in [6.45, 7) is 9.37. The minimum atomic E-state index is -0.279. The van der Waals surface area contributed by atoms with Crippen LogP contribution in [0.4, 0.5) is 0 Å². The van der Waals surface area contributed by atoms with E-state index >= 15 is 0 Å². The Bertz CT molecular complexity index is 784. The fraction of sp³-hybridized carbons (Fsp3) is 0.429. The van der Waals surface area contributed by atoms with Crippen LogP contribution in [-0.2, 0) is 9.47 Å². The molecule has 2 aromatic carbocycles. The molecule has 0 fully saturated rings. The molecule has 4 nitrogen and oxygen atoms in total. The van der Waals surface area contributed by atoms with Crippen molar-refractivity contribution in [3.05, 3.63) is 70.8 Å². The molecule has 0 aromatic heterocycles. The van der Waals surface area contributed by atoms with Gasteiger partial charge in [0.2, 0.25) is 0 Å². The van der Waals surface area contributed by atoms with Gasteiger partial charge in [0.25, 0.3) is 0 Å². The predicted octanol–water partition coefficient (Wildman–Crippen LogP) is 7.04. The number of hydrogen-bond donors (Lipinski definition) is 0. The van der Waals surface area contributed by atoms with Gasteiger partial charge in [-0.25, -0.2) is 9.59 Å². The molecule has 2 aromatic rings. The fourth-order valence-corrected chi connectivity index (χ4v) is 3.26. The summed E-state index contributed by atoms with van der Waals surface area (Å²) in [6, 6.07) is 14.7. The van der Waals surface area contributed by atoms with Gasteiger partial charge in [0.1, 0.15) is 0 Å². The molecule has 172 valence electrons. The fourth-order valence-electron chi connectivity index (χ4n) is 3.26. The van der Waals surface area contributed by atoms with E-state index in [0.29, 0.717) is 36.2 Å². The monoisotopic (exact) mass is 436 g/mol. The zero-order valence-electron chi connectivity index (χ0n) is 19.8. The van der Waals surface area contributed by atoms with Gasteiger partial charge in [-0.05, 0) is 47.2 Å². The smallest absolute Gasteiger partial charge is 0.338 e. The Balaban J connectivity index is 1.90. The Morgan fingerprint density at radius 3 is 1.22 bits per heavy atom. The molecule has 0 unspecified atom stereocenters. The molecule has 2 rings (SSSR count). The first-order valence-corrected chi connectivity index (χ1v) is 11.7. The van der Waals surface area contributed by atoms with Crippen LogP contribution >= 0.6 is 0 Å².